The van der Waals surface area contributed by atoms with Crippen molar-refractivity contribution in [3.05, 3.63) is 66.0 Å². The summed E-state index contributed by atoms with van der Waals surface area (Å²) in [5.41, 5.74) is 6.22. The van der Waals surface area contributed by atoms with Crippen molar-refractivity contribution in [2.75, 3.05) is 11.1 Å². The molecule has 0 atom stereocenters. The van der Waals surface area contributed by atoms with Crippen molar-refractivity contribution >= 4 is 35.8 Å². The van der Waals surface area contributed by atoms with Gasteiger partial charge in [-0.05, 0) is 18.2 Å². The fourth-order valence-electron chi connectivity index (χ4n) is 2.23. The minimum absolute atomic E-state index is 0. The molecule has 2 aromatic carbocycles. The summed E-state index contributed by atoms with van der Waals surface area (Å²) < 4.78 is 14.4. The second-order valence-corrected chi connectivity index (χ2v) is 4.94. The number of carbonyl (C=O) groups is 1. The molecule has 0 aliphatic rings. The molecule has 0 aliphatic heterocycles. The van der Waals surface area contributed by atoms with Crippen molar-refractivity contribution in [2.24, 2.45) is 0 Å². The van der Waals surface area contributed by atoms with Crippen LogP contribution in [0.2, 0.25) is 0 Å². The first-order valence-electron chi connectivity index (χ1n) is 7.04. The molecule has 3 rings (SSSR count). The van der Waals surface area contributed by atoms with Crippen molar-refractivity contribution < 1.29 is 14.3 Å². The summed E-state index contributed by atoms with van der Waals surface area (Å²) in [6, 6.07) is 15.1. The van der Waals surface area contributed by atoms with Crippen molar-refractivity contribution in [1.82, 2.24) is 9.97 Å². The number of halogens is 2. The fourth-order valence-corrected chi connectivity index (χ4v) is 2.23. The number of nitrogens with two attached hydrogens (primary N) is 1. The first kappa shape index (κ1) is 18.2. The largest absolute Gasteiger partial charge is 0.478 e. The maximum Gasteiger partial charge on any atom is 0.336 e. The lowest BCUT2D eigenvalue weighted by molar-refractivity contribution is 0.0697. The molecule has 25 heavy (non-hydrogen) atoms. The van der Waals surface area contributed by atoms with Crippen LogP contribution in [0.4, 0.5) is 21.8 Å². The number of carboxylic acids is 1. The Morgan fingerprint density at radius 2 is 1.68 bits per heavy atom. The predicted octanol–water partition coefficient (Wildman–Crippen LogP) is 3.73. The molecule has 1 heterocycles. The number of hydrogen-bond donors (Lipinski definition) is 3. The Morgan fingerprint density at radius 3 is 2.36 bits per heavy atom. The summed E-state index contributed by atoms with van der Waals surface area (Å²) in [6.07, 6.45) is 0. The average Bonchev–Trinajstić information content (AvgIpc) is 2.59. The summed E-state index contributed by atoms with van der Waals surface area (Å²) in [7, 11) is 0. The number of para-hydroxylation sites is 1. The van der Waals surface area contributed by atoms with Gasteiger partial charge >= 0.3 is 5.97 Å². The third kappa shape index (κ3) is 3.84. The van der Waals surface area contributed by atoms with Gasteiger partial charge in [0.1, 0.15) is 5.69 Å². The van der Waals surface area contributed by atoms with Crippen LogP contribution in [0.5, 0.6) is 0 Å². The number of anilines is 3. The van der Waals surface area contributed by atoms with Crippen LogP contribution in [0.1, 0.15) is 10.4 Å². The van der Waals surface area contributed by atoms with Crippen molar-refractivity contribution in [3.63, 3.8) is 0 Å². The van der Waals surface area contributed by atoms with Crippen LogP contribution >= 0.6 is 12.4 Å². The first-order chi connectivity index (χ1) is 11.6. The summed E-state index contributed by atoms with van der Waals surface area (Å²) in [5, 5.41) is 12.2. The van der Waals surface area contributed by atoms with Gasteiger partial charge in [-0.3, -0.25) is 0 Å². The molecule has 6 nitrogen and oxygen atoms in total. The Hall–Kier alpha value is -3.19. The molecule has 0 radical (unpaired) electrons. The van der Waals surface area contributed by atoms with Crippen molar-refractivity contribution in [2.45, 2.75) is 0 Å². The molecule has 0 amide bonds. The lowest BCUT2D eigenvalue weighted by Crippen LogP contribution is -2.08. The van der Waals surface area contributed by atoms with Crippen LogP contribution in [0.15, 0.2) is 54.6 Å². The topological polar surface area (TPSA) is 101 Å². The maximum absolute atomic E-state index is 14.4. The Balaban J connectivity index is 0.00000225. The molecule has 0 spiro atoms. The van der Waals surface area contributed by atoms with E-state index in [0.717, 1.165) is 0 Å². The Bertz CT molecular complexity index is 906. The van der Waals surface area contributed by atoms with Crippen LogP contribution in [0.25, 0.3) is 11.3 Å². The molecule has 8 heteroatoms. The molecule has 1 aromatic heterocycles. The van der Waals surface area contributed by atoms with Crippen LogP contribution < -0.4 is 11.1 Å². The Labute approximate surface area is 149 Å². The molecule has 0 fully saturated rings. The molecule has 3 aromatic rings. The highest BCUT2D eigenvalue weighted by Crippen LogP contribution is 2.28. The molecule has 4 N–H and O–H groups in total. The van der Waals surface area contributed by atoms with Gasteiger partial charge in [-0.25, -0.2) is 14.2 Å². The van der Waals surface area contributed by atoms with Gasteiger partial charge in [-0.1, -0.05) is 36.4 Å². The summed E-state index contributed by atoms with van der Waals surface area (Å²) in [5.74, 6) is -2.32. The van der Waals surface area contributed by atoms with E-state index in [-0.39, 0.29) is 41.0 Å². The number of nitrogen functional groups attached to an aromatic ring is 1. The van der Waals surface area contributed by atoms with Gasteiger partial charge in [0.15, 0.2) is 11.6 Å². The van der Waals surface area contributed by atoms with Crippen LogP contribution in [0, 0.1) is 5.82 Å². The van der Waals surface area contributed by atoms with E-state index in [0.29, 0.717) is 5.69 Å². The summed E-state index contributed by atoms with van der Waals surface area (Å²) in [4.78, 5) is 19.3. The minimum Gasteiger partial charge on any atom is -0.478 e. The highest BCUT2D eigenvalue weighted by Gasteiger charge is 2.19. The number of rotatable bonds is 4. The van der Waals surface area contributed by atoms with E-state index in [1.165, 1.54) is 12.1 Å². The molecule has 0 saturated heterocycles. The van der Waals surface area contributed by atoms with Gasteiger partial charge in [0.05, 0.1) is 5.56 Å². The number of hydrogen-bond acceptors (Lipinski definition) is 5. The molecule has 128 valence electrons. The smallest absolute Gasteiger partial charge is 0.336 e. The van der Waals surface area contributed by atoms with Crippen LogP contribution in [0.3, 0.4) is 0 Å². The zero-order valence-corrected chi connectivity index (χ0v) is 13.6. The molecular formula is C17H14ClFN4O2. The van der Waals surface area contributed by atoms with E-state index < -0.39 is 11.8 Å². The van der Waals surface area contributed by atoms with E-state index in [4.69, 9.17) is 5.73 Å². The van der Waals surface area contributed by atoms with E-state index in [9.17, 15) is 14.3 Å². The Morgan fingerprint density at radius 1 is 1.04 bits per heavy atom. The highest BCUT2D eigenvalue weighted by molar-refractivity contribution is 5.95. The second kappa shape index (κ2) is 7.59. The monoisotopic (exact) mass is 360 g/mol. The van der Waals surface area contributed by atoms with E-state index in [2.05, 4.69) is 15.3 Å². The first-order valence-corrected chi connectivity index (χ1v) is 7.04. The molecule has 0 bridgehead atoms. The van der Waals surface area contributed by atoms with Gasteiger partial charge < -0.3 is 16.2 Å². The van der Waals surface area contributed by atoms with Crippen LogP contribution in [-0.4, -0.2) is 21.0 Å². The number of aromatic nitrogens is 2. The van der Waals surface area contributed by atoms with Gasteiger partial charge in [0.2, 0.25) is 5.95 Å². The van der Waals surface area contributed by atoms with Crippen LogP contribution in [-0.2, 0) is 0 Å². The van der Waals surface area contributed by atoms with E-state index >= 15 is 0 Å². The molecule has 0 aliphatic carbocycles. The third-order valence-corrected chi connectivity index (χ3v) is 3.32. The average molecular weight is 361 g/mol. The normalized spacial score (nSPS) is 9.96. The number of nitrogens with zero attached hydrogens (tertiary/aromatic N) is 2. The number of nitrogens with one attached hydrogen (secondary N) is 1. The SMILES string of the molecule is Cl.Nc1nc(Nc2ccccc2)nc(-c2ccccc2C(=O)O)c1F. The predicted molar refractivity (Wildman–Crippen MR) is 95.8 cm³/mol. The zero-order chi connectivity index (χ0) is 17.1. The minimum atomic E-state index is -1.18. The summed E-state index contributed by atoms with van der Waals surface area (Å²) >= 11 is 0. The van der Waals surface area contributed by atoms with Crippen molar-refractivity contribution in [3.8, 4) is 11.3 Å². The zero-order valence-electron chi connectivity index (χ0n) is 12.8. The van der Waals surface area contributed by atoms with Gasteiger partial charge in [0.25, 0.3) is 0 Å². The number of carboxylic acid groups (broad SMARTS) is 1. The number of benzene rings is 2. The second-order valence-electron chi connectivity index (χ2n) is 4.94. The molecule has 0 saturated carbocycles. The van der Waals surface area contributed by atoms with Gasteiger partial charge in [0, 0.05) is 11.3 Å². The Kier molecular flexibility index (Phi) is 5.51. The van der Waals surface area contributed by atoms with E-state index in [1.807, 2.05) is 18.2 Å². The van der Waals surface area contributed by atoms with Crippen molar-refractivity contribution in [1.29, 1.82) is 0 Å². The maximum atomic E-state index is 14.4. The standard InChI is InChI=1S/C17H13FN4O2.ClH/c18-13-14(11-8-4-5-9-12(11)16(23)24)21-17(22-15(13)19)20-10-6-2-1-3-7-10;/h1-9H,(H,23,24)(H3,19,20,21,22);1H. The van der Waals surface area contributed by atoms with Gasteiger partial charge in [-0.2, -0.15) is 4.98 Å². The lowest BCUT2D eigenvalue weighted by Gasteiger charge is -2.11. The molecular weight excluding hydrogens is 347 g/mol. The highest BCUT2D eigenvalue weighted by atomic mass is 35.5. The molecule has 0 unspecified atom stereocenters. The quantitative estimate of drug-likeness (QED) is 0.655. The summed E-state index contributed by atoms with van der Waals surface area (Å²) in [6.45, 7) is 0. The fraction of sp³-hybridized carbons (Fsp3) is 0. The van der Waals surface area contributed by atoms with E-state index in [1.54, 1.807) is 24.3 Å². The lowest BCUT2D eigenvalue weighted by atomic mass is 10.0. The third-order valence-electron chi connectivity index (χ3n) is 3.32. The number of aromatic carboxylic acids is 1. The van der Waals surface area contributed by atoms with Gasteiger partial charge in [-0.15, -0.1) is 12.4 Å².